The van der Waals surface area contributed by atoms with Gasteiger partial charge in [-0.3, -0.25) is 19.6 Å². The molecule has 0 aliphatic rings. The minimum Gasteiger partial charge on any atom is -0.492 e. The van der Waals surface area contributed by atoms with Gasteiger partial charge in [-0.25, -0.2) is 0 Å². The third-order valence-corrected chi connectivity index (χ3v) is 4.27. The Hall–Kier alpha value is -3.48. The zero-order valence-corrected chi connectivity index (χ0v) is 15.9. The maximum absolute atomic E-state index is 12.3. The lowest BCUT2D eigenvalue weighted by atomic mass is 10.1. The van der Waals surface area contributed by atoms with Gasteiger partial charge in [0, 0.05) is 42.3 Å². The number of aromatic amines is 1. The van der Waals surface area contributed by atoms with Gasteiger partial charge in [0.15, 0.2) is 0 Å². The lowest BCUT2D eigenvalue weighted by Crippen LogP contribution is -2.28. The molecule has 3 aromatic heterocycles. The van der Waals surface area contributed by atoms with E-state index in [9.17, 15) is 9.59 Å². The molecule has 3 rings (SSSR count). The fraction of sp³-hybridized carbons (Fsp3) is 0.238. The number of rotatable bonds is 7. The van der Waals surface area contributed by atoms with Crippen LogP contribution in [0.2, 0.25) is 0 Å². The van der Waals surface area contributed by atoms with Gasteiger partial charge in [0.2, 0.25) is 0 Å². The Morgan fingerprint density at radius 1 is 1.21 bits per heavy atom. The summed E-state index contributed by atoms with van der Waals surface area (Å²) in [4.78, 5) is 35.4. The van der Waals surface area contributed by atoms with E-state index in [-0.39, 0.29) is 18.0 Å². The maximum Gasteiger partial charge on any atom is 0.253 e. The minimum absolute atomic E-state index is 0.168. The van der Waals surface area contributed by atoms with Gasteiger partial charge in [0.25, 0.3) is 11.5 Å². The average molecular weight is 378 g/mol. The average Bonchev–Trinajstić information content (AvgIpc) is 2.68. The molecule has 28 heavy (non-hydrogen) atoms. The largest absolute Gasteiger partial charge is 0.492 e. The number of nitrogens with one attached hydrogen (secondary N) is 2. The topological polar surface area (TPSA) is 97.0 Å². The number of hydrogen-bond donors (Lipinski definition) is 2. The van der Waals surface area contributed by atoms with Gasteiger partial charge >= 0.3 is 0 Å². The molecule has 3 heterocycles. The molecule has 0 bridgehead atoms. The fourth-order valence-electron chi connectivity index (χ4n) is 2.78. The molecular formula is C21H22N4O3. The number of carbonyl (C=O) groups is 1. The van der Waals surface area contributed by atoms with Crippen molar-refractivity contribution in [3.05, 3.63) is 87.4 Å². The normalized spacial score (nSPS) is 10.5. The Morgan fingerprint density at radius 2 is 2.07 bits per heavy atom. The molecule has 7 heteroatoms. The summed E-state index contributed by atoms with van der Waals surface area (Å²) in [7, 11) is 0. The van der Waals surface area contributed by atoms with Crippen molar-refractivity contribution in [1.82, 2.24) is 20.3 Å². The van der Waals surface area contributed by atoms with Crippen molar-refractivity contribution in [3.8, 4) is 5.75 Å². The Morgan fingerprint density at radius 3 is 2.75 bits per heavy atom. The van der Waals surface area contributed by atoms with Gasteiger partial charge in [0.1, 0.15) is 5.75 Å². The van der Waals surface area contributed by atoms with Crippen molar-refractivity contribution in [3.63, 3.8) is 0 Å². The van der Waals surface area contributed by atoms with Crippen molar-refractivity contribution in [2.24, 2.45) is 0 Å². The van der Waals surface area contributed by atoms with Crippen LogP contribution in [0, 0.1) is 13.8 Å². The molecule has 0 saturated heterocycles. The van der Waals surface area contributed by atoms with E-state index in [1.807, 2.05) is 32.0 Å². The summed E-state index contributed by atoms with van der Waals surface area (Å²) in [5.41, 5.74) is 3.29. The third kappa shape index (κ3) is 5.03. The molecule has 7 nitrogen and oxygen atoms in total. The summed E-state index contributed by atoms with van der Waals surface area (Å²) in [6.07, 6.45) is 5.49. The van der Waals surface area contributed by atoms with Gasteiger partial charge in [-0.15, -0.1) is 0 Å². The number of ether oxygens (including phenoxy) is 1. The van der Waals surface area contributed by atoms with Crippen molar-refractivity contribution >= 4 is 5.91 Å². The number of aryl methyl sites for hydroxylation is 2. The molecular weight excluding hydrogens is 356 g/mol. The quantitative estimate of drug-likeness (QED) is 0.658. The van der Waals surface area contributed by atoms with Crippen molar-refractivity contribution in [2.45, 2.75) is 26.8 Å². The van der Waals surface area contributed by atoms with E-state index in [0.717, 1.165) is 17.0 Å². The Labute approximate surface area is 162 Å². The summed E-state index contributed by atoms with van der Waals surface area (Å²) in [5.74, 6) is 0.435. The fourth-order valence-corrected chi connectivity index (χ4v) is 2.78. The van der Waals surface area contributed by atoms with E-state index in [1.165, 1.54) is 6.20 Å². The highest BCUT2D eigenvalue weighted by Crippen LogP contribution is 2.08. The SMILES string of the molecule is Cc1cc(C)c(CNC(=O)c2ccc(CCOc3cccnc3)nc2)c(=O)[nH]1. The van der Waals surface area contributed by atoms with Crippen LogP contribution in [0.5, 0.6) is 5.75 Å². The molecule has 0 fully saturated rings. The molecule has 3 aromatic rings. The van der Waals surface area contributed by atoms with Gasteiger partial charge in [-0.2, -0.15) is 0 Å². The number of aromatic nitrogens is 3. The predicted molar refractivity (Wildman–Crippen MR) is 105 cm³/mol. The Kier molecular flexibility index (Phi) is 6.16. The van der Waals surface area contributed by atoms with Crippen LogP contribution in [0.4, 0.5) is 0 Å². The van der Waals surface area contributed by atoms with E-state index >= 15 is 0 Å². The summed E-state index contributed by atoms with van der Waals surface area (Å²) in [6.45, 7) is 4.32. The first-order chi connectivity index (χ1) is 13.5. The number of hydrogen-bond acceptors (Lipinski definition) is 5. The number of carbonyl (C=O) groups excluding carboxylic acids is 1. The van der Waals surface area contributed by atoms with Crippen molar-refractivity contribution in [2.75, 3.05) is 6.61 Å². The second-order valence-corrected chi connectivity index (χ2v) is 6.45. The van der Waals surface area contributed by atoms with E-state index < -0.39 is 0 Å². The smallest absolute Gasteiger partial charge is 0.253 e. The zero-order valence-electron chi connectivity index (χ0n) is 15.9. The highest BCUT2D eigenvalue weighted by atomic mass is 16.5. The van der Waals surface area contributed by atoms with Crippen LogP contribution in [0.25, 0.3) is 0 Å². The number of pyridine rings is 3. The van der Waals surface area contributed by atoms with Gasteiger partial charge in [0.05, 0.1) is 18.4 Å². The monoisotopic (exact) mass is 378 g/mol. The first-order valence-electron chi connectivity index (χ1n) is 8.98. The predicted octanol–water partition coefficient (Wildman–Crippen LogP) is 2.33. The lowest BCUT2D eigenvalue weighted by molar-refractivity contribution is 0.0950. The summed E-state index contributed by atoms with van der Waals surface area (Å²) in [5, 5.41) is 2.77. The molecule has 1 amide bonds. The molecule has 0 aliphatic carbocycles. The molecule has 2 N–H and O–H groups in total. The lowest BCUT2D eigenvalue weighted by Gasteiger charge is -2.09. The van der Waals surface area contributed by atoms with Crippen LogP contribution in [-0.4, -0.2) is 27.5 Å². The number of amides is 1. The Bertz CT molecular complexity index is 998. The number of H-pyrrole nitrogens is 1. The first kappa shape index (κ1) is 19.3. The van der Waals surface area contributed by atoms with Crippen molar-refractivity contribution < 1.29 is 9.53 Å². The van der Waals surface area contributed by atoms with E-state index in [0.29, 0.717) is 29.9 Å². The maximum atomic E-state index is 12.3. The molecule has 0 aromatic carbocycles. The zero-order chi connectivity index (χ0) is 19.9. The van der Waals surface area contributed by atoms with Crippen LogP contribution in [0.3, 0.4) is 0 Å². The van der Waals surface area contributed by atoms with Gasteiger partial charge < -0.3 is 15.0 Å². The van der Waals surface area contributed by atoms with Gasteiger partial charge in [-0.05, 0) is 49.7 Å². The van der Waals surface area contributed by atoms with E-state index in [1.54, 1.807) is 24.5 Å². The van der Waals surface area contributed by atoms with Crippen molar-refractivity contribution in [1.29, 1.82) is 0 Å². The van der Waals surface area contributed by atoms with E-state index in [4.69, 9.17) is 4.74 Å². The highest BCUT2D eigenvalue weighted by molar-refractivity contribution is 5.93. The number of nitrogens with zero attached hydrogens (tertiary/aromatic N) is 2. The van der Waals surface area contributed by atoms with Crippen LogP contribution in [0.15, 0.2) is 53.7 Å². The minimum atomic E-state index is -0.273. The molecule has 0 spiro atoms. The van der Waals surface area contributed by atoms with Crippen LogP contribution >= 0.6 is 0 Å². The standard InChI is InChI=1S/C21H22N4O3/c1-14-10-15(2)25-21(27)19(14)13-24-20(26)16-5-6-17(23-11-16)7-9-28-18-4-3-8-22-12-18/h3-6,8,10-12H,7,9,13H2,1-2H3,(H,24,26)(H,25,27). The molecule has 0 aliphatic heterocycles. The molecule has 144 valence electrons. The molecule has 0 atom stereocenters. The summed E-state index contributed by atoms with van der Waals surface area (Å²) < 4.78 is 5.59. The highest BCUT2D eigenvalue weighted by Gasteiger charge is 2.10. The summed E-state index contributed by atoms with van der Waals surface area (Å²) >= 11 is 0. The first-order valence-corrected chi connectivity index (χ1v) is 8.98. The third-order valence-electron chi connectivity index (χ3n) is 4.27. The van der Waals surface area contributed by atoms with Crippen LogP contribution in [0.1, 0.15) is 32.9 Å². The second-order valence-electron chi connectivity index (χ2n) is 6.45. The van der Waals surface area contributed by atoms with Gasteiger partial charge in [-0.1, -0.05) is 0 Å². The van der Waals surface area contributed by atoms with E-state index in [2.05, 4.69) is 20.3 Å². The molecule has 0 radical (unpaired) electrons. The molecule has 0 saturated carbocycles. The van der Waals surface area contributed by atoms with Crippen LogP contribution in [-0.2, 0) is 13.0 Å². The second kappa shape index (κ2) is 8.94. The summed E-state index contributed by atoms with van der Waals surface area (Å²) in [6, 6.07) is 9.05. The molecule has 0 unspecified atom stereocenters. The van der Waals surface area contributed by atoms with Crippen LogP contribution < -0.4 is 15.6 Å². The Balaban J connectivity index is 1.53.